The fourth-order valence-corrected chi connectivity index (χ4v) is 3.53. The molecule has 3 nitrogen and oxygen atoms in total. The topological polar surface area (TPSA) is 45.7 Å². The first kappa shape index (κ1) is 17.6. The van der Waals surface area contributed by atoms with Crippen molar-refractivity contribution in [2.45, 2.75) is 52.1 Å². The van der Waals surface area contributed by atoms with Gasteiger partial charge in [-0.25, -0.2) is 0 Å². The lowest BCUT2D eigenvalue weighted by Gasteiger charge is -2.33. The van der Waals surface area contributed by atoms with Gasteiger partial charge in [0.15, 0.2) is 6.04 Å². The van der Waals surface area contributed by atoms with Gasteiger partial charge in [-0.2, -0.15) is 0 Å². The van der Waals surface area contributed by atoms with Crippen LogP contribution in [0.4, 0.5) is 5.69 Å². The Morgan fingerprint density at radius 3 is 2.77 bits per heavy atom. The number of quaternary nitrogens is 1. The van der Waals surface area contributed by atoms with E-state index < -0.39 is 0 Å². The van der Waals surface area contributed by atoms with Crippen molar-refractivity contribution in [2.24, 2.45) is 11.8 Å². The van der Waals surface area contributed by atoms with E-state index in [0.717, 1.165) is 5.92 Å². The van der Waals surface area contributed by atoms with E-state index in [4.69, 9.17) is 23.2 Å². The van der Waals surface area contributed by atoms with Crippen molar-refractivity contribution in [3.63, 3.8) is 0 Å². The summed E-state index contributed by atoms with van der Waals surface area (Å²) in [6, 6.07) is 5.45. The van der Waals surface area contributed by atoms with E-state index in [-0.39, 0.29) is 11.9 Å². The van der Waals surface area contributed by atoms with Crippen molar-refractivity contribution < 1.29 is 10.1 Å². The highest BCUT2D eigenvalue weighted by molar-refractivity contribution is 6.35. The van der Waals surface area contributed by atoms with Crippen molar-refractivity contribution in [3.8, 4) is 0 Å². The van der Waals surface area contributed by atoms with E-state index in [1.807, 2.05) is 6.92 Å². The smallest absolute Gasteiger partial charge is 0.282 e. The predicted octanol–water partition coefficient (Wildman–Crippen LogP) is 3.71. The zero-order valence-electron chi connectivity index (χ0n) is 13.4. The third-order valence-corrected chi connectivity index (χ3v) is 5.47. The van der Waals surface area contributed by atoms with Gasteiger partial charge in [0.25, 0.3) is 5.91 Å². The standard InChI is InChI=1S/C17H24Cl2N2O/c1-10-5-4-6-15(11(10)2)20-12(3)17(22)21-16-9-13(18)7-8-14(16)19/h7-12,15,20H,4-6H2,1-3H3,(H,21,22)/p+1/t10-,11-,12+,15+/m1/s1. The molecule has 1 amide bonds. The molecule has 1 aliphatic carbocycles. The molecule has 22 heavy (non-hydrogen) atoms. The van der Waals surface area contributed by atoms with Gasteiger partial charge in [-0.05, 0) is 50.3 Å². The molecule has 0 radical (unpaired) electrons. The molecule has 1 aliphatic rings. The number of carbonyl (C=O) groups is 1. The molecule has 3 N–H and O–H groups in total. The lowest BCUT2D eigenvalue weighted by molar-refractivity contribution is -0.715. The molecule has 5 heteroatoms. The second kappa shape index (κ2) is 7.67. The first-order valence-electron chi connectivity index (χ1n) is 7.99. The summed E-state index contributed by atoms with van der Waals surface area (Å²) >= 11 is 12.0. The number of benzene rings is 1. The summed E-state index contributed by atoms with van der Waals surface area (Å²) in [4.78, 5) is 12.4. The van der Waals surface area contributed by atoms with Gasteiger partial charge in [0, 0.05) is 10.9 Å². The summed E-state index contributed by atoms with van der Waals surface area (Å²) in [5, 5.41) is 6.15. The minimum Gasteiger partial charge on any atom is -0.334 e. The molecule has 0 bridgehead atoms. The first-order chi connectivity index (χ1) is 10.4. The molecular formula is C17H25Cl2N2O+. The minimum atomic E-state index is -0.146. The van der Waals surface area contributed by atoms with Gasteiger partial charge >= 0.3 is 0 Å². The van der Waals surface area contributed by atoms with Crippen molar-refractivity contribution in [1.29, 1.82) is 0 Å². The fourth-order valence-electron chi connectivity index (χ4n) is 3.19. The molecule has 0 aromatic heterocycles. The molecule has 1 fully saturated rings. The molecule has 0 spiro atoms. The largest absolute Gasteiger partial charge is 0.334 e. The van der Waals surface area contributed by atoms with Crippen LogP contribution in [0, 0.1) is 11.8 Å². The molecule has 1 saturated carbocycles. The summed E-state index contributed by atoms with van der Waals surface area (Å²) in [6.07, 6.45) is 3.73. The summed E-state index contributed by atoms with van der Waals surface area (Å²) in [5.41, 5.74) is 0.574. The number of halogens is 2. The van der Waals surface area contributed by atoms with Crippen LogP contribution in [0.3, 0.4) is 0 Å². The number of anilines is 1. The van der Waals surface area contributed by atoms with E-state index in [9.17, 15) is 4.79 Å². The van der Waals surface area contributed by atoms with E-state index in [0.29, 0.717) is 27.7 Å². The zero-order chi connectivity index (χ0) is 16.3. The van der Waals surface area contributed by atoms with E-state index in [2.05, 4.69) is 24.5 Å². The van der Waals surface area contributed by atoms with Crippen LogP contribution in [0.2, 0.25) is 10.0 Å². The molecule has 0 unspecified atom stereocenters. The van der Waals surface area contributed by atoms with Crippen LogP contribution in [-0.2, 0) is 4.79 Å². The van der Waals surface area contributed by atoms with Crippen LogP contribution in [0.1, 0.15) is 40.0 Å². The molecular weight excluding hydrogens is 319 g/mol. The van der Waals surface area contributed by atoms with E-state index in [1.165, 1.54) is 19.3 Å². The van der Waals surface area contributed by atoms with Gasteiger partial charge in [-0.1, -0.05) is 37.0 Å². The quantitative estimate of drug-likeness (QED) is 0.859. The summed E-state index contributed by atoms with van der Waals surface area (Å²) < 4.78 is 0. The SMILES string of the molecule is C[C@@H]1[C@H](C)CCC[C@@H]1[NH2+][C@@H](C)C(=O)Nc1cc(Cl)ccc1Cl. The lowest BCUT2D eigenvalue weighted by Crippen LogP contribution is -2.97. The van der Waals surface area contributed by atoms with E-state index >= 15 is 0 Å². The highest BCUT2D eigenvalue weighted by atomic mass is 35.5. The molecule has 4 atom stereocenters. The maximum absolute atomic E-state index is 12.4. The van der Waals surface area contributed by atoms with Gasteiger partial charge in [0.2, 0.25) is 0 Å². The average molecular weight is 344 g/mol. The summed E-state index contributed by atoms with van der Waals surface area (Å²) in [6.45, 7) is 6.55. The van der Waals surface area contributed by atoms with Crippen LogP contribution >= 0.6 is 23.2 Å². The number of nitrogens with one attached hydrogen (secondary N) is 1. The van der Waals surface area contributed by atoms with Gasteiger partial charge in [0.05, 0.1) is 16.8 Å². The van der Waals surface area contributed by atoms with E-state index in [1.54, 1.807) is 18.2 Å². The average Bonchev–Trinajstić information content (AvgIpc) is 2.47. The number of rotatable bonds is 4. The first-order valence-corrected chi connectivity index (χ1v) is 8.75. The monoisotopic (exact) mass is 343 g/mol. The Balaban J connectivity index is 1.96. The Bertz CT molecular complexity index is 535. The molecule has 1 aromatic rings. The maximum Gasteiger partial charge on any atom is 0.282 e. The number of carbonyl (C=O) groups excluding carboxylic acids is 1. The number of nitrogens with two attached hydrogens (primary N) is 1. The van der Waals surface area contributed by atoms with Gasteiger partial charge in [0.1, 0.15) is 0 Å². The van der Waals surface area contributed by atoms with Crippen LogP contribution in [-0.4, -0.2) is 18.0 Å². The highest BCUT2D eigenvalue weighted by Gasteiger charge is 2.32. The van der Waals surface area contributed by atoms with Crippen molar-refractivity contribution >= 4 is 34.8 Å². The molecule has 0 heterocycles. The van der Waals surface area contributed by atoms with Gasteiger partial charge < -0.3 is 10.6 Å². The Hall–Kier alpha value is -0.770. The second-order valence-electron chi connectivity index (χ2n) is 6.53. The Kier molecular flexibility index (Phi) is 6.13. The van der Waals surface area contributed by atoms with Crippen molar-refractivity contribution in [1.82, 2.24) is 0 Å². The maximum atomic E-state index is 12.4. The summed E-state index contributed by atoms with van der Waals surface area (Å²) in [7, 11) is 0. The van der Waals surface area contributed by atoms with Crippen molar-refractivity contribution in [3.05, 3.63) is 28.2 Å². The predicted molar refractivity (Wildman–Crippen MR) is 92.4 cm³/mol. The number of hydrogen-bond donors (Lipinski definition) is 2. The molecule has 0 saturated heterocycles. The molecule has 1 aromatic carbocycles. The zero-order valence-corrected chi connectivity index (χ0v) is 14.9. The third kappa shape index (κ3) is 4.37. The number of amides is 1. The van der Waals surface area contributed by atoms with Crippen molar-refractivity contribution in [2.75, 3.05) is 5.32 Å². The minimum absolute atomic E-state index is 0.0328. The highest BCUT2D eigenvalue weighted by Crippen LogP contribution is 2.28. The molecule has 0 aliphatic heterocycles. The molecule has 122 valence electrons. The van der Waals surface area contributed by atoms with Gasteiger partial charge in [-0.15, -0.1) is 0 Å². The second-order valence-corrected chi connectivity index (χ2v) is 7.37. The molecule has 2 rings (SSSR count). The van der Waals surface area contributed by atoms with Crippen LogP contribution in [0.15, 0.2) is 18.2 Å². The van der Waals surface area contributed by atoms with Crippen LogP contribution in [0.5, 0.6) is 0 Å². The summed E-state index contributed by atoms with van der Waals surface area (Å²) in [5.74, 6) is 1.33. The third-order valence-electron chi connectivity index (χ3n) is 4.91. The Labute approximate surface area is 142 Å². The van der Waals surface area contributed by atoms with Gasteiger partial charge in [-0.3, -0.25) is 4.79 Å². The fraction of sp³-hybridized carbons (Fsp3) is 0.588. The van der Waals surface area contributed by atoms with Crippen LogP contribution < -0.4 is 10.6 Å². The van der Waals surface area contributed by atoms with Crippen LogP contribution in [0.25, 0.3) is 0 Å². The normalized spacial score (nSPS) is 26.5. The Morgan fingerprint density at radius 2 is 2.05 bits per heavy atom. The lowest BCUT2D eigenvalue weighted by atomic mass is 9.78. The number of hydrogen-bond acceptors (Lipinski definition) is 1. The Morgan fingerprint density at radius 1 is 1.32 bits per heavy atom.